The second-order valence-electron chi connectivity index (χ2n) is 3.73. The van der Waals surface area contributed by atoms with Crippen molar-refractivity contribution in [2.75, 3.05) is 0 Å². The van der Waals surface area contributed by atoms with Crippen molar-refractivity contribution in [2.45, 2.75) is 4.90 Å². The number of hydrogen-bond acceptors (Lipinski definition) is 5. The number of rotatable bonds is 3. The molecule has 0 N–H and O–H groups in total. The van der Waals surface area contributed by atoms with E-state index >= 15 is 0 Å². The van der Waals surface area contributed by atoms with E-state index in [-0.39, 0.29) is 16.9 Å². The number of benzene rings is 1. The highest BCUT2D eigenvalue weighted by atomic mass is 32.3. The van der Waals surface area contributed by atoms with E-state index in [0.717, 1.165) is 12.1 Å². The third-order valence-electron chi connectivity index (χ3n) is 2.43. The van der Waals surface area contributed by atoms with Crippen LogP contribution < -0.4 is 0 Å². The summed E-state index contributed by atoms with van der Waals surface area (Å²) in [6, 6.07) is 6.96. The van der Waals surface area contributed by atoms with Crippen LogP contribution >= 0.6 is 0 Å². The van der Waals surface area contributed by atoms with E-state index in [0.29, 0.717) is 6.07 Å². The first-order valence-corrected chi connectivity index (χ1v) is 6.53. The Morgan fingerprint density at radius 1 is 1.20 bits per heavy atom. The zero-order chi connectivity index (χ0) is 14.9. The zero-order valence-electron chi connectivity index (χ0n) is 9.66. The first-order chi connectivity index (χ1) is 9.29. The van der Waals surface area contributed by atoms with Gasteiger partial charge in [0.15, 0.2) is 4.90 Å². The maximum atomic E-state index is 13.4. The van der Waals surface area contributed by atoms with Gasteiger partial charge in [-0.2, -0.15) is 12.8 Å². The van der Waals surface area contributed by atoms with E-state index in [1.54, 1.807) is 0 Å². The van der Waals surface area contributed by atoms with Crippen LogP contribution in [0.15, 0.2) is 41.3 Å². The summed E-state index contributed by atoms with van der Waals surface area (Å²) in [6.07, 6.45) is 0. The molecule has 0 saturated heterocycles. The number of aromatic nitrogens is 1. The van der Waals surface area contributed by atoms with Crippen molar-refractivity contribution in [3.63, 3.8) is 0 Å². The lowest BCUT2D eigenvalue weighted by Gasteiger charge is -2.03. The van der Waals surface area contributed by atoms with Crippen LogP contribution in [0.25, 0.3) is 11.3 Å². The molecule has 0 bridgehead atoms. The van der Waals surface area contributed by atoms with E-state index in [4.69, 9.17) is 0 Å². The molecule has 1 aromatic carbocycles. The fourth-order valence-corrected chi connectivity index (χ4v) is 2.02. The van der Waals surface area contributed by atoms with Crippen molar-refractivity contribution in [2.24, 2.45) is 0 Å². The number of hydrogen-bond donors (Lipinski definition) is 0. The summed E-state index contributed by atoms with van der Waals surface area (Å²) >= 11 is 0. The fraction of sp³-hybridized carbons (Fsp3) is 0. The molecule has 0 spiro atoms. The number of non-ortho nitro benzene ring substituents is 1. The van der Waals surface area contributed by atoms with E-state index in [9.17, 15) is 26.8 Å². The SMILES string of the molecule is O=[N+]([O-])c1cccc(-c2ccc(S(=O)(=O)F)c(F)n2)c1. The highest BCUT2D eigenvalue weighted by Crippen LogP contribution is 2.24. The molecule has 0 fully saturated rings. The Morgan fingerprint density at radius 2 is 1.90 bits per heavy atom. The van der Waals surface area contributed by atoms with E-state index in [1.807, 2.05) is 0 Å². The Kier molecular flexibility index (Phi) is 3.45. The van der Waals surface area contributed by atoms with Crippen LogP contribution in [0.1, 0.15) is 0 Å². The standard InChI is InChI=1S/C11H6F2N2O4S/c12-11-10(20(13,18)19)5-4-9(14-11)7-2-1-3-8(6-7)15(16)17/h1-6H. The van der Waals surface area contributed by atoms with Crippen LogP contribution in [0.2, 0.25) is 0 Å². The van der Waals surface area contributed by atoms with Gasteiger partial charge in [-0.15, -0.1) is 3.89 Å². The number of pyridine rings is 1. The Hall–Kier alpha value is -2.42. The largest absolute Gasteiger partial charge is 0.336 e. The van der Waals surface area contributed by atoms with Gasteiger partial charge in [0.05, 0.1) is 10.6 Å². The van der Waals surface area contributed by atoms with Gasteiger partial charge in [-0.05, 0) is 12.1 Å². The molecule has 2 aromatic rings. The molecule has 1 heterocycles. The van der Waals surface area contributed by atoms with Crippen molar-refractivity contribution in [1.29, 1.82) is 0 Å². The molecule has 0 saturated carbocycles. The number of nitrogens with zero attached hydrogens (tertiary/aromatic N) is 2. The van der Waals surface area contributed by atoms with Gasteiger partial charge in [0, 0.05) is 17.7 Å². The van der Waals surface area contributed by atoms with Crippen LogP contribution in [0.4, 0.5) is 14.0 Å². The van der Waals surface area contributed by atoms with Gasteiger partial charge in [-0.3, -0.25) is 10.1 Å². The molecule has 6 nitrogen and oxygen atoms in total. The number of nitro groups is 1. The Bertz CT molecular complexity index is 793. The molecule has 0 amide bonds. The van der Waals surface area contributed by atoms with Gasteiger partial charge in [0.25, 0.3) is 5.69 Å². The molecule has 0 aliphatic carbocycles. The molecular formula is C11H6F2N2O4S. The van der Waals surface area contributed by atoms with E-state index in [1.165, 1.54) is 18.2 Å². The first kappa shape index (κ1) is 14.0. The average Bonchev–Trinajstić information content (AvgIpc) is 2.37. The lowest BCUT2D eigenvalue weighted by atomic mass is 10.1. The van der Waals surface area contributed by atoms with Gasteiger partial charge in [-0.25, -0.2) is 4.98 Å². The minimum Gasteiger partial charge on any atom is -0.258 e. The molecule has 104 valence electrons. The zero-order valence-corrected chi connectivity index (χ0v) is 10.5. The summed E-state index contributed by atoms with van der Waals surface area (Å²) in [5.74, 6) is -1.50. The topological polar surface area (TPSA) is 90.2 Å². The second kappa shape index (κ2) is 4.93. The molecule has 0 unspecified atom stereocenters. The molecule has 0 radical (unpaired) electrons. The predicted octanol–water partition coefficient (Wildman–Crippen LogP) is 2.45. The minimum absolute atomic E-state index is 0.0430. The molecule has 0 aliphatic rings. The highest BCUT2D eigenvalue weighted by molar-refractivity contribution is 7.86. The molecule has 1 aromatic heterocycles. The van der Waals surface area contributed by atoms with Crippen LogP contribution in [0.3, 0.4) is 0 Å². The summed E-state index contributed by atoms with van der Waals surface area (Å²) < 4.78 is 47.3. The average molecular weight is 300 g/mol. The lowest BCUT2D eigenvalue weighted by molar-refractivity contribution is -0.384. The molecule has 0 aliphatic heterocycles. The third-order valence-corrected chi connectivity index (χ3v) is 3.26. The molecular weight excluding hydrogens is 294 g/mol. The molecule has 2 rings (SSSR count). The second-order valence-corrected chi connectivity index (χ2v) is 5.05. The third kappa shape index (κ3) is 2.77. The number of halogens is 2. The van der Waals surface area contributed by atoms with E-state index < -0.39 is 26.0 Å². The monoisotopic (exact) mass is 300 g/mol. The molecule has 9 heteroatoms. The van der Waals surface area contributed by atoms with Gasteiger partial charge in [-0.1, -0.05) is 12.1 Å². The van der Waals surface area contributed by atoms with Crippen molar-refractivity contribution < 1.29 is 21.6 Å². The summed E-state index contributed by atoms with van der Waals surface area (Å²) in [4.78, 5) is 12.1. The van der Waals surface area contributed by atoms with Crippen LogP contribution in [-0.2, 0) is 10.2 Å². The minimum atomic E-state index is -5.20. The normalized spacial score (nSPS) is 11.3. The van der Waals surface area contributed by atoms with E-state index in [2.05, 4.69) is 4.98 Å². The van der Waals surface area contributed by atoms with Crippen LogP contribution in [0.5, 0.6) is 0 Å². The van der Waals surface area contributed by atoms with Crippen molar-refractivity contribution in [3.05, 3.63) is 52.5 Å². The predicted molar refractivity (Wildman–Crippen MR) is 64.6 cm³/mol. The van der Waals surface area contributed by atoms with Gasteiger partial charge >= 0.3 is 10.2 Å². The van der Waals surface area contributed by atoms with Crippen molar-refractivity contribution >= 4 is 15.9 Å². The van der Waals surface area contributed by atoms with Gasteiger partial charge < -0.3 is 0 Å². The summed E-state index contributed by atoms with van der Waals surface area (Å²) in [5, 5.41) is 10.6. The fourth-order valence-electron chi connectivity index (χ4n) is 1.54. The lowest BCUT2D eigenvalue weighted by Crippen LogP contribution is -2.00. The number of nitro benzene ring substituents is 1. The maximum Gasteiger partial charge on any atom is 0.336 e. The van der Waals surface area contributed by atoms with Crippen LogP contribution in [0, 0.1) is 16.1 Å². The van der Waals surface area contributed by atoms with Gasteiger partial charge in [0.1, 0.15) is 0 Å². The quantitative estimate of drug-likeness (QED) is 0.376. The van der Waals surface area contributed by atoms with Gasteiger partial charge in [0.2, 0.25) is 5.95 Å². The highest BCUT2D eigenvalue weighted by Gasteiger charge is 2.20. The molecule has 0 atom stereocenters. The Labute approximate surface area is 112 Å². The maximum absolute atomic E-state index is 13.4. The Morgan fingerprint density at radius 3 is 2.45 bits per heavy atom. The van der Waals surface area contributed by atoms with Crippen molar-refractivity contribution in [3.8, 4) is 11.3 Å². The smallest absolute Gasteiger partial charge is 0.258 e. The summed E-state index contributed by atoms with van der Waals surface area (Å²) in [6.45, 7) is 0. The van der Waals surface area contributed by atoms with Crippen LogP contribution in [-0.4, -0.2) is 18.3 Å². The molecule has 20 heavy (non-hydrogen) atoms. The van der Waals surface area contributed by atoms with Crippen molar-refractivity contribution in [1.82, 2.24) is 4.98 Å². The first-order valence-electron chi connectivity index (χ1n) is 5.15. The Balaban J connectivity index is 2.52. The summed E-state index contributed by atoms with van der Waals surface area (Å²) in [7, 11) is -5.20. The summed E-state index contributed by atoms with van der Waals surface area (Å²) in [5.41, 5.74) is -0.0635.